The first-order valence-electron chi connectivity index (χ1n) is 4.61. The molecule has 0 aliphatic heterocycles. The van der Waals surface area contributed by atoms with Gasteiger partial charge in [-0.2, -0.15) is 0 Å². The van der Waals surface area contributed by atoms with Gasteiger partial charge in [-0.1, -0.05) is 6.07 Å². The van der Waals surface area contributed by atoms with Crippen molar-refractivity contribution < 1.29 is 23.1 Å². The molecule has 1 amide bonds. The zero-order valence-electron chi connectivity index (χ0n) is 9.00. The quantitative estimate of drug-likeness (QED) is 0.784. The molecule has 0 radical (unpaired) electrons. The van der Waals surface area contributed by atoms with E-state index in [2.05, 4.69) is 5.32 Å². The van der Waals surface area contributed by atoms with Crippen molar-refractivity contribution in [3.63, 3.8) is 0 Å². The third-order valence-electron chi connectivity index (χ3n) is 1.92. The fourth-order valence-electron chi connectivity index (χ4n) is 1.13. The van der Waals surface area contributed by atoms with Crippen LogP contribution >= 0.6 is 0 Å². The summed E-state index contributed by atoms with van der Waals surface area (Å²) < 4.78 is 22.5. The van der Waals surface area contributed by atoms with Crippen LogP contribution in [0.1, 0.15) is 10.4 Å². The minimum absolute atomic E-state index is 0.0143. The summed E-state index contributed by atoms with van der Waals surface area (Å²) in [5, 5.41) is 10.5. The van der Waals surface area contributed by atoms with Gasteiger partial charge in [0, 0.05) is 11.8 Å². The number of hydrogen-bond donors (Lipinski definition) is 2. The highest BCUT2D eigenvalue weighted by Gasteiger charge is 2.11. The Morgan fingerprint density at radius 1 is 1.35 bits per heavy atom. The van der Waals surface area contributed by atoms with Gasteiger partial charge in [0.2, 0.25) is 0 Å². The Labute approximate surface area is 98.2 Å². The molecule has 2 N–H and O–H groups in total. The first kappa shape index (κ1) is 13.2. The van der Waals surface area contributed by atoms with E-state index in [-0.39, 0.29) is 10.5 Å². The molecule has 0 aliphatic carbocycles. The second kappa shape index (κ2) is 4.96. The molecule has 0 saturated carbocycles. The molecule has 0 spiro atoms. The minimum atomic E-state index is -3.39. The number of amides is 1. The molecule has 1 rings (SSSR count). The second-order valence-corrected chi connectivity index (χ2v) is 5.39. The molecular weight excluding hydrogens is 246 g/mol. The van der Waals surface area contributed by atoms with E-state index in [1.54, 1.807) is 0 Å². The van der Waals surface area contributed by atoms with Gasteiger partial charge in [0.25, 0.3) is 5.91 Å². The van der Waals surface area contributed by atoms with Crippen molar-refractivity contribution in [1.82, 2.24) is 5.32 Å². The maximum atomic E-state index is 11.5. The largest absolute Gasteiger partial charge is 0.480 e. The lowest BCUT2D eigenvalue weighted by Gasteiger charge is -2.04. The van der Waals surface area contributed by atoms with E-state index in [0.29, 0.717) is 0 Å². The van der Waals surface area contributed by atoms with Gasteiger partial charge in [0.15, 0.2) is 9.84 Å². The van der Waals surface area contributed by atoms with Crippen LogP contribution in [-0.2, 0) is 14.6 Å². The van der Waals surface area contributed by atoms with Crippen LogP contribution in [0, 0.1) is 0 Å². The lowest BCUT2D eigenvalue weighted by atomic mass is 10.2. The number of aliphatic carboxylic acids is 1. The first-order chi connectivity index (χ1) is 7.80. The number of nitrogens with one attached hydrogen (secondary N) is 1. The summed E-state index contributed by atoms with van der Waals surface area (Å²) in [6.07, 6.45) is 1.03. The van der Waals surface area contributed by atoms with Gasteiger partial charge >= 0.3 is 5.97 Å². The maximum Gasteiger partial charge on any atom is 0.322 e. The molecule has 1 aromatic rings. The molecule has 0 heterocycles. The summed E-state index contributed by atoms with van der Waals surface area (Å²) in [6.45, 7) is -0.512. The van der Waals surface area contributed by atoms with E-state index in [1.807, 2.05) is 0 Å². The Morgan fingerprint density at radius 2 is 2.00 bits per heavy atom. The van der Waals surface area contributed by atoms with Gasteiger partial charge in [-0.05, 0) is 18.2 Å². The van der Waals surface area contributed by atoms with Crippen LogP contribution in [0.25, 0.3) is 0 Å². The van der Waals surface area contributed by atoms with E-state index in [4.69, 9.17) is 5.11 Å². The average molecular weight is 257 g/mol. The molecule has 17 heavy (non-hydrogen) atoms. The predicted molar refractivity (Wildman–Crippen MR) is 59.5 cm³/mol. The Bertz CT molecular complexity index is 550. The predicted octanol–water partition coefficient (Wildman–Crippen LogP) is -0.0955. The van der Waals surface area contributed by atoms with Crippen LogP contribution in [0.5, 0.6) is 0 Å². The highest BCUT2D eigenvalue weighted by molar-refractivity contribution is 7.90. The lowest BCUT2D eigenvalue weighted by Crippen LogP contribution is -2.29. The summed E-state index contributed by atoms with van der Waals surface area (Å²) in [6, 6.07) is 5.40. The average Bonchev–Trinajstić information content (AvgIpc) is 2.25. The fraction of sp³-hybridized carbons (Fsp3) is 0.200. The SMILES string of the molecule is CS(=O)(=O)c1cccc(C(=O)NCC(=O)O)c1. The van der Waals surface area contributed by atoms with Crippen LogP contribution in [-0.4, -0.2) is 38.2 Å². The van der Waals surface area contributed by atoms with Crippen molar-refractivity contribution in [1.29, 1.82) is 0 Å². The molecule has 7 heteroatoms. The van der Waals surface area contributed by atoms with Gasteiger partial charge in [0.1, 0.15) is 6.54 Å². The summed E-state index contributed by atoms with van der Waals surface area (Å²) in [5.74, 6) is -1.80. The molecule has 0 bridgehead atoms. The van der Waals surface area contributed by atoms with Crippen molar-refractivity contribution in [3.8, 4) is 0 Å². The summed E-state index contributed by atoms with van der Waals surface area (Å²) >= 11 is 0. The number of carbonyl (C=O) groups is 2. The fourth-order valence-corrected chi connectivity index (χ4v) is 1.79. The molecule has 92 valence electrons. The topological polar surface area (TPSA) is 101 Å². The van der Waals surface area contributed by atoms with Crippen LogP contribution in [0.4, 0.5) is 0 Å². The van der Waals surface area contributed by atoms with Crippen LogP contribution in [0.3, 0.4) is 0 Å². The normalized spacial score (nSPS) is 10.9. The van der Waals surface area contributed by atoms with Crippen molar-refractivity contribution >= 4 is 21.7 Å². The zero-order chi connectivity index (χ0) is 13.1. The highest BCUT2D eigenvalue weighted by atomic mass is 32.2. The molecular formula is C10H11NO5S. The van der Waals surface area contributed by atoms with Gasteiger partial charge in [-0.25, -0.2) is 8.42 Å². The van der Waals surface area contributed by atoms with Crippen molar-refractivity contribution in [2.45, 2.75) is 4.90 Å². The number of benzene rings is 1. The number of carboxylic acid groups (broad SMARTS) is 1. The summed E-state index contributed by atoms with van der Waals surface area (Å²) in [4.78, 5) is 21.7. The van der Waals surface area contributed by atoms with Crippen molar-refractivity contribution in [2.24, 2.45) is 0 Å². The molecule has 0 unspecified atom stereocenters. The van der Waals surface area contributed by atoms with Gasteiger partial charge in [-0.3, -0.25) is 9.59 Å². The van der Waals surface area contributed by atoms with Crippen molar-refractivity contribution in [3.05, 3.63) is 29.8 Å². The van der Waals surface area contributed by atoms with Gasteiger partial charge in [-0.15, -0.1) is 0 Å². The van der Waals surface area contributed by atoms with Crippen LogP contribution in [0.2, 0.25) is 0 Å². The van der Waals surface area contributed by atoms with Crippen LogP contribution < -0.4 is 5.32 Å². The number of rotatable bonds is 4. The van der Waals surface area contributed by atoms with Crippen LogP contribution in [0.15, 0.2) is 29.2 Å². The van der Waals surface area contributed by atoms with E-state index < -0.39 is 28.3 Å². The Kier molecular flexibility index (Phi) is 3.84. The highest BCUT2D eigenvalue weighted by Crippen LogP contribution is 2.11. The van der Waals surface area contributed by atoms with Crippen molar-refractivity contribution in [2.75, 3.05) is 12.8 Å². The second-order valence-electron chi connectivity index (χ2n) is 3.38. The molecule has 6 nitrogen and oxygen atoms in total. The van der Waals surface area contributed by atoms with Gasteiger partial charge < -0.3 is 10.4 Å². The molecule has 0 aromatic heterocycles. The summed E-state index contributed by atoms with van der Waals surface area (Å²) in [5.41, 5.74) is 0.106. The molecule has 0 saturated heterocycles. The monoisotopic (exact) mass is 257 g/mol. The smallest absolute Gasteiger partial charge is 0.322 e. The van der Waals surface area contributed by atoms with E-state index in [9.17, 15) is 18.0 Å². The molecule has 0 aliphatic rings. The third-order valence-corrected chi connectivity index (χ3v) is 3.03. The molecule has 0 atom stereocenters. The van der Waals surface area contributed by atoms with E-state index in [1.165, 1.54) is 24.3 Å². The number of carboxylic acids is 1. The Balaban J connectivity index is 2.93. The number of sulfone groups is 1. The van der Waals surface area contributed by atoms with Gasteiger partial charge in [0.05, 0.1) is 4.90 Å². The summed E-state index contributed by atoms with van der Waals surface area (Å²) in [7, 11) is -3.39. The molecule has 0 fully saturated rings. The maximum absolute atomic E-state index is 11.5. The Hall–Kier alpha value is -1.89. The lowest BCUT2D eigenvalue weighted by molar-refractivity contribution is -0.135. The standard InChI is InChI=1S/C10H11NO5S/c1-17(15,16)8-4-2-3-7(5-8)10(14)11-6-9(12)13/h2-5H,6H2,1H3,(H,11,14)(H,12,13). The third kappa shape index (κ3) is 3.87. The zero-order valence-corrected chi connectivity index (χ0v) is 9.82. The number of carbonyl (C=O) groups excluding carboxylic acids is 1. The Morgan fingerprint density at radius 3 is 2.53 bits per heavy atom. The number of hydrogen-bond acceptors (Lipinski definition) is 4. The molecule has 1 aromatic carbocycles. The van der Waals surface area contributed by atoms with E-state index in [0.717, 1.165) is 6.26 Å². The first-order valence-corrected chi connectivity index (χ1v) is 6.50. The van der Waals surface area contributed by atoms with E-state index >= 15 is 0 Å². The minimum Gasteiger partial charge on any atom is -0.480 e.